The summed E-state index contributed by atoms with van der Waals surface area (Å²) >= 11 is 0. The molecular weight excluding hydrogens is 458 g/mol. The lowest BCUT2D eigenvalue weighted by molar-refractivity contribution is -0.124. The van der Waals surface area contributed by atoms with Crippen LogP contribution < -0.4 is 10.1 Å². The number of aryl methyl sites for hydroxylation is 4. The number of benzene rings is 2. The quantitative estimate of drug-likeness (QED) is 0.385. The molecule has 1 amide bonds. The molecule has 196 valence electrons. The van der Waals surface area contributed by atoms with Gasteiger partial charge in [-0.1, -0.05) is 58.0 Å². The van der Waals surface area contributed by atoms with E-state index >= 15 is 0 Å². The number of hydrogen-bond donors (Lipinski definition) is 1. The van der Waals surface area contributed by atoms with Crippen LogP contribution in [0.5, 0.6) is 5.75 Å². The summed E-state index contributed by atoms with van der Waals surface area (Å²) in [5.41, 5.74) is 10.6. The fraction of sp³-hybridized carbons (Fsp3) is 0.438. The van der Waals surface area contributed by atoms with Gasteiger partial charge in [0.25, 0.3) is 0 Å². The van der Waals surface area contributed by atoms with Gasteiger partial charge in [-0.3, -0.25) is 14.7 Å². The fourth-order valence-electron chi connectivity index (χ4n) is 5.15. The van der Waals surface area contributed by atoms with E-state index in [1.165, 1.54) is 27.8 Å². The Morgan fingerprint density at radius 3 is 2.41 bits per heavy atom. The number of piperazine rings is 1. The summed E-state index contributed by atoms with van der Waals surface area (Å²) in [6, 6.07) is 15.3. The highest BCUT2D eigenvalue weighted by Gasteiger charge is 2.21. The minimum Gasteiger partial charge on any atom is -0.489 e. The van der Waals surface area contributed by atoms with Gasteiger partial charge in [0.1, 0.15) is 12.4 Å². The summed E-state index contributed by atoms with van der Waals surface area (Å²) in [6.07, 6.45) is 1.92. The first-order valence-corrected chi connectivity index (χ1v) is 13.6. The van der Waals surface area contributed by atoms with Crippen molar-refractivity contribution in [2.75, 3.05) is 19.6 Å². The molecular formula is C32H41N3O2. The van der Waals surface area contributed by atoms with Gasteiger partial charge in [-0.2, -0.15) is 0 Å². The molecule has 1 aliphatic rings. The highest BCUT2D eigenvalue weighted by atomic mass is 16.5. The maximum Gasteiger partial charge on any atom is 0.234 e. The molecule has 4 rings (SSSR count). The van der Waals surface area contributed by atoms with Crippen molar-refractivity contribution in [2.24, 2.45) is 0 Å². The normalized spacial score (nSPS) is 14.2. The third kappa shape index (κ3) is 6.22. The molecule has 2 heterocycles. The number of carbonyl (C=O) groups is 1. The van der Waals surface area contributed by atoms with Gasteiger partial charge in [0.05, 0.1) is 12.2 Å². The van der Waals surface area contributed by atoms with Crippen molar-refractivity contribution in [1.82, 2.24) is 15.2 Å². The first kappa shape index (κ1) is 26.9. The SMILES string of the molecule is CCc1cccc(CC)c1-c1cc(CN2CCNC(=O)C2)c(COc2cc(C(C)C)ccc2C)c(C)n1. The van der Waals surface area contributed by atoms with Crippen LogP contribution >= 0.6 is 0 Å². The summed E-state index contributed by atoms with van der Waals surface area (Å²) in [6.45, 7) is 16.1. The fourth-order valence-corrected chi connectivity index (χ4v) is 5.15. The molecule has 1 fully saturated rings. The maximum absolute atomic E-state index is 12.1. The van der Waals surface area contributed by atoms with E-state index in [4.69, 9.17) is 9.72 Å². The predicted molar refractivity (Wildman–Crippen MR) is 151 cm³/mol. The molecule has 0 spiro atoms. The Balaban J connectivity index is 1.74. The third-order valence-electron chi connectivity index (χ3n) is 7.44. The minimum absolute atomic E-state index is 0.0841. The van der Waals surface area contributed by atoms with E-state index in [1.54, 1.807) is 0 Å². The lowest BCUT2D eigenvalue weighted by Gasteiger charge is -2.28. The molecule has 1 saturated heterocycles. The maximum atomic E-state index is 12.1. The summed E-state index contributed by atoms with van der Waals surface area (Å²) in [7, 11) is 0. The smallest absolute Gasteiger partial charge is 0.234 e. The Bertz CT molecular complexity index is 1240. The van der Waals surface area contributed by atoms with E-state index in [2.05, 4.69) is 94.2 Å². The number of amides is 1. The zero-order chi connectivity index (χ0) is 26.5. The van der Waals surface area contributed by atoms with E-state index in [0.29, 0.717) is 32.2 Å². The van der Waals surface area contributed by atoms with Crippen molar-refractivity contribution in [1.29, 1.82) is 0 Å². The second-order valence-electron chi connectivity index (χ2n) is 10.4. The summed E-state index contributed by atoms with van der Waals surface area (Å²) < 4.78 is 6.44. The molecule has 0 saturated carbocycles. The highest BCUT2D eigenvalue weighted by Crippen LogP contribution is 2.32. The van der Waals surface area contributed by atoms with E-state index in [0.717, 1.165) is 47.7 Å². The standard InChI is InChI=1S/C32H41N3O2/c1-7-24-10-9-11-25(8-2)32(24)29-16-27(18-35-15-14-33-31(36)19-35)28(23(6)34-29)20-37-30-17-26(21(3)4)13-12-22(30)5/h9-13,16-17,21H,7-8,14-15,18-20H2,1-6H3,(H,33,36). The lowest BCUT2D eigenvalue weighted by Crippen LogP contribution is -2.47. The number of rotatable bonds is 9. The molecule has 0 unspecified atom stereocenters. The summed E-state index contributed by atoms with van der Waals surface area (Å²) in [4.78, 5) is 19.5. The Hall–Kier alpha value is -3.18. The first-order valence-electron chi connectivity index (χ1n) is 13.6. The van der Waals surface area contributed by atoms with Crippen LogP contribution in [0.4, 0.5) is 0 Å². The van der Waals surface area contributed by atoms with Crippen molar-refractivity contribution in [3.63, 3.8) is 0 Å². The summed E-state index contributed by atoms with van der Waals surface area (Å²) in [5, 5.41) is 2.94. The Labute approximate surface area is 222 Å². The van der Waals surface area contributed by atoms with Gasteiger partial charge in [0.15, 0.2) is 0 Å². The average molecular weight is 500 g/mol. The number of nitrogens with one attached hydrogen (secondary N) is 1. The topological polar surface area (TPSA) is 54.5 Å². The second kappa shape index (κ2) is 11.9. The number of hydrogen-bond acceptors (Lipinski definition) is 4. The van der Waals surface area contributed by atoms with Crippen LogP contribution in [0.2, 0.25) is 0 Å². The van der Waals surface area contributed by atoms with Crippen molar-refractivity contribution < 1.29 is 9.53 Å². The molecule has 1 aromatic heterocycles. The van der Waals surface area contributed by atoms with Gasteiger partial charge in [-0.25, -0.2) is 0 Å². The summed E-state index contributed by atoms with van der Waals surface area (Å²) in [5.74, 6) is 1.45. The van der Waals surface area contributed by atoms with Crippen LogP contribution in [0, 0.1) is 13.8 Å². The molecule has 0 aliphatic carbocycles. The number of pyridine rings is 1. The number of aromatic nitrogens is 1. The Kier molecular flexibility index (Phi) is 8.65. The third-order valence-corrected chi connectivity index (χ3v) is 7.44. The second-order valence-corrected chi connectivity index (χ2v) is 10.4. The Morgan fingerprint density at radius 2 is 1.76 bits per heavy atom. The van der Waals surface area contributed by atoms with Crippen molar-refractivity contribution in [3.8, 4) is 17.0 Å². The van der Waals surface area contributed by atoms with Crippen LogP contribution in [0.1, 0.15) is 72.7 Å². The molecule has 0 radical (unpaired) electrons. The molecule has 5 nitrogen and oxygen atoms in total. The zero-order valence-corrected chi connectivity index (χ0v) is 23.3. The van der Waals surface area contributed by atoms with Crippen molar-refractivity contribution in [2.45, 2.75) is 73.5 Å². The number of carbonyl (C=O) groups excluding carboxylic acids is 1. The average Bonchev–Trinajstić information content (AvgIpc) is 2.88. The lowest BCUT2D eigenvalue weighted by atomic mass is 9.93. The van der Waals surface area contributed by atoms with Crippen LogP contribution in [0.25, 0.3) is 11.3 Å². The Morgan fingerprint density at radius 1 is 1.03 bits per heavy atom. The molecule has 0 atom stereocenters. The van der Waals surface area contributed by atoms with Crippen molar-refractivity contribution in [3.05, 3.63) is 81.5 Å². The minimum atomic E-state index is 0.0841. The van der Waals surface area contributed by atoms with Crippen molar-refractivity contribution >= 4 is 5.91 Å². The van der Waals surface area contributed by atoms with Crippen LogP contribution in [-0.2, 0) is 30.8 Å². The molecule has 3 aromatic rings. The van der Waals surface area contributed by atoms with E-state index in [1.807, 2.05) is 0 Å². The highest BCUT2D eigenvalue weighted by molar-refractivity contribution is 5.78. The van der Waals surface area contributed by atoms with E-state index in [9.17, 15) is 4.79 Å². The molecule has 2 aromatic carbocycles. The molecule has 5 heteroatoms. The van der Waals surface area contributed by atoms with Crippen LogP contribution in [0.3, 0.4) is 0 Å². The van der Waals surface area contributed by atoms with Gasteiger partial charge < -0.3 is 10.1 Å². The molecule has 1 aliphatic heterocycles. The van der Waals surface area contributed by atoms with Crippen LogP contribution in [-0.4, -0.2) is 35.4 Å². The zero-order valence-electron chi connectivity index (χ0n) is 23.3. The van der Waals surface area contributed by atoms with Gasteiger partial charge in [0, 0.05) is 36.5 Å². The largest absolute Gasteiger partial charge is 0.489 e. The monoisotopic (exact) mass is 499 g/mol. The first-order chi connectivity index (χ1) is 17.8. The molecule has 1 N–H and O–H groups in total. The number of nitrogens with zero attached hydrogens (tertiary/aromatic N) is 2. The number of ether oxygens (including phenoxy) is 1. The van der Waals surface area contributed by atoms with E-state index in [-0.39, 0.29) is 5.91 Å². The van der Waals surface area contributed by atoms with Crippen LogP contribution in [0.15, 0.2) is 42.5 Å². The van der Waals surface area contributed by atoms with Gasteiger partial charge in [0.2, 0.25) is 5.91 Å². The van der Waals surface area contributed by atoms with Gasteiger partial charge >= 0.3 is 0 Å². The molecule has 0 bridgehead atoms. The molecule has 37 heavy (non-hydrogen) atoms. The van der Waals surface area contributed by atoms with E-state index < -0.39 is 0 Å². The van der Waals surface area contributed by atoms with Gasteiger partial charge in [-0.05, 0) is 72.6 Å². The van der Waals surface area contributed by atoms with Gasteiger partial charge in [-0.15, -0.1) is 0 Å². The predicted octanol–water partition coefficient (Wildman–Crippen LogP) is 6.12.